The van der Waals surface area contributed by atoms with Crippen molar-refractivity contribution in [3.8, 4) is 11.3 Å². The SMILES string of the molecule is CCOC(=O)CN(C(=O)c1cc(-c2ccccc2Cl)on1)c1ccc(F)cc1. The van der Waals surface area contributed by atoms with Crippen LogP contribution in [-0.2, 0) is 9.53 Å². The molecule has 28 heavy (non-hydrogen) atoms. The van der Waals surface area contributed by atoms with Crippen LogP contribution in [0.2, 0.25) is 5.02 Å². The van der Waals surface area contributed by atoms with Gasteiger partial charge in [-0.25, -0.2) is 4.39 Å². The van der Waals surface area contributed by atoms with Crippen molar-refractivity contribution in [2.45, 2.75) is 6.92 Å². The Hall–Kier alpha value is -3.19. The van der Waals surface area contributed by atoms with Crippen LogP contribution < -0.4 is 4.90 Å². The van der Waals surface area contributed by atoms with Crippen LogP contribution in [0.5, 0.6) is 0 Å². The molecule has 3 aromatic rings. The molecule has 0 aliphatic heterocycles. The summed E-state index contributed by atoms with van der Waals surface area (Å²) in [7, 11) is 0. The fraction of sp³-hybridized carbons (Fsp3) is 0.150. The highest BCUT2D eigenvalue weighted by atomic mass is 35.5. The van der Waals surface area contributed by atoms with Crippen LogP contribution in [0.15, 0.2) is 59.1 Å². The molecule has 0 N–H and O–H groups in total. The molecule has 0 spiro atoms. The van der Waals surface area contributed by atoms with Gasteiger partial charge in [0.05, 0.1) is 11.6 Å². The highest BCUT2D eigenvalue weighted by molar-refractivity contribution is 6.33. The summed E-state index contributed by atoms with van der Waals surface area (Å²) in [6.07, 6.45) is 0. The van der Waals surface area contributed by atoms with Crippen molar-refractivity contribution in [2.75, 3.05) is 18.1 Å². The average molecular weight is 403 g/mol. The van der Waals surface area contributed by atoms with Crippen molar-refractivity contribution < 1.29 is 23.2 Å². The molecule has 6 nitrogen and oxygen atoms in total. The van der Waals surface area contributed by atoms with Crippen molar-refractivity contribution in [1.82, 2.24) is 5.16 Å². The van der Waals surface area contributed by atoms with Gasteiger partial charge in [-0.15, -0.1) is 0 Å². The summed E-state index contributed by atoms with van der Waals surface area (Å²) in [5, 5.41) is 4.24. The summed E-state index contributed by atoms with van der Waals surface area (Å²) < 4.78 is 23.4. The zero-order chi connectivity index (χ0) is 20.1. The van der Waals surface area contributed by atoms with E-state index in [0.717, 1.165) is 4.90 Å². The lowest BCUT2D eigenvalue weighted by Crippen LogP contribution is -2.36. The van der Waals surface area contributed by atoms with Gasteiger partial charge in [-0.2, -0.15) is 0 Å². The van der Waals surface area contributed by atoms with E-state index in [2.05, 4.69) is 5.16 Å². The van der Waals surface area contributed by atoms with E-state index in [1.807, 2.05) is 0 Å². The Morgan fingerprint density at radius 1 is 1.18 bits per heavy atom. The first-order valence-corrected chi connectivity index (χ1v) is 8.82. The van der Waals surface area contributed by atoms with E-state index in [1.165, 1.54) is 30.3 Å². The highest BCUT2D eigenvalue weighted by Gasteiger charge is 2.25. The summed E-state index contributed by atoms with van der Waals surface area (Å²) in [5.74, 6) is -1.35. The van der Waals surface area contributed by atoms with Gasteiger partial charge in [0.15, 0.2) is 11.5 Å². The zero-order valence-electron chi connectivity index (χ0n) is 14.9. The van der Waals surface area contributed by atoms with Crippen LogP contribution in [0.25, 0.3) is 11.3 Å². The molecule has 144 valence electrons. The predicted octanol–water partition coefficient (Wildman–Crippen LogP) is 4.34. The number of amides is 1. The Labute approximate surface area is 165 Å². The maximum atomic E-state index is 13.3. The molecule has 3 rings (SSSR count). The number of hydrogen-bond donors (Lipinski definition) is 0. The second kappa shape index (κ2) is 8.67. The summed E-state index contributed by atoms with van der Waals surface area (Å²) in [5.41, 5.74) is 0.875. The quantitative estimate of drug-likeness (QED) is 0.573. The van der Waals surface area contributed by atoms with Crippen molar-refractivity contribution in [1.29, 1.82) is 0 Å². The minimum absolute atomic E-state index is 0.0245. The molecule has 0 saturated heterocycles. The number of carbonyl (C=O) groups is 2. The van der Waals surface area contributed by atoms with Gasteiger partial charge in [0.2, 0.25) is 0 Å². The second-order valence-electron chi connectivity index (χ2n) is 5.73. The van der Waals surface area contributed by atoms with Gasteiger partial charge < -0.3 is 9.26 Å². The zero-order valence-corrected chi connectivity index (χ0v) is 15.6. The number of nitrogens with zero attached hydrogens (tertiary/aromatic N) is 2. The summed E-state index contributed by atoms with van der Waals surface area (Å²) in [6.45, 7) is 1.48. The first-order valence-electron chi connectivity index (χ1n) is 8.44. The van der Waals surface area contributed by atoms with Gasteiger partial charge in [0.25, 0.3) is 5.91 Å². The van der Waals surface area contributed by atoms with Gasteiger partial charge in [-0.05, 0) is 43.3 Å². The number of benzene rings is 2. The Morgan fingerprint density at radius 2 is 1.89 bits per heavy atom. The van der Waals surface area contributed by atoms with Crippen molar-refractivity contribution in [3.05, 3.63) is 71.1 Å². The van der Waals surface area contributed by atoms with E-state index in [9.17, 15) is 14.0 Å². The Bertz CT molecular complexity index is 988. The number of rotatable bonds is 6. The number of carbonyl (C=O) groups excluding carboxylic acids is 2. The number of halogens is 2. The Morgan fingerprint density at radius 3 is 2.57 bits per heavy atom. The Balaban J connectivity index is 1.92. The lowest BCUT2D eigenvalue weighted by atomic mass is 10.1. The third kappa shape index (κ3) is 4.37. The van der Waals surface area contributed by atoms with E-state index in [0.29, 0.717) is 22.0 Å². The van der Waals surface area contributed by atoms with E-state index >= 15 is 0 Å². The largest absolute Gasteiger partial charge is 0.465 e. The first-order chi connectivity index (χ1) is 13.5. The summed E-state index contributed by atoms with van der Waals surface area (Å²) in [6, 6.07) is 13.6. The monoisotopic (exact) mass is 402 g/mol. The molecule has 0 unspecified atom stereocenters. The predicted molar refractivity (Wildman–Crippen MR) is 102 cm³/mol. The fourth-order valence-electron chi connectivity index (χ4n) is 2.54. The molecule has 0 aliphatic carbocycles. The third-order valence-corrected chi connectivity index (χ3v) is 4.17. The first kappa shape index (κ1) is 19.6. The molecule has 0 fully saturated rings. The second-order valence-corrected chi connectivity index (χ2v) is 6.14. The van der Waals surface area contributed by atoms with E-state index in [-0.39, 0.29) is 18.8 Å². The maximum Gasteiger partial charge on any atom is 0.326 e. The summed E-state index contributed by atoms with van der Waals surface area (Å²) >= 11 is 6.14. The third-order valence-electron chi connectivity index (χ3n) is 3.84. The van der Waals surface area contributed by atoms with E-state index < -0.39 is 17.7 Å². The normalized spacial score (nSPS) is 10.5. The number of hydrogen-bond acceptors (Lipinski definition) is 5. The number of anilines is 1. The van der Waals surface area contributed by atoms with Gasteiger partial charge in [0.1, 0.15) is 12.4 Å². The molecule has 8 heteroatoms. The van der Waals surface area contributed by atoms with Gasteiger partial charge in [0, 0.05) is 17.3 Å². The summed E-state index contributed by atoms with van der Waals surface area (Å²) in [4.78, 5) is 26.1. The minimum Gasteiger partial charge on any atom is -0.465 e. The van der Waals surface area contributed by atoms with Crippen LogP contribution in [-0.4, -0.2) is 30.2 Å². The lowest BCUT2D eigenvalue weighted by molar-refractivity contribution is -0.141. The standard InChI is InChI=1S/C20H16ClFN2O4/c1-2-27-19(25)12-24(14-9-7-13(22)8-10-14)20(26)17-11-18(28-23-17)15-5-3-4-6-16(15)21/h3-11H,2,12H2,1H3. The smallest absolute Gasteiger partial charge is 0.326 e. The number of ether oxygens (including phenoxy) is 1. The molecule has 2 aromatic carbocycles. The topological polar surface area (TPSA) is 72.6 Å². The Kier molecular flexibility index (Phi) is 6.06. The van der Waals surface area contributed by atoms with Crippen LogP contribution in [0.1, 0.15) is 17.4 Å². The van der Waals surface area contributed by atoms with Crippen molar-refractivity contribution in [3.63, 3.8) is 0 Å². The van der Waals surface area contributed by atoms with Crippen LogP contribution in [0.4, 0.5) is 10.1 Å². The molecule has 0 radical (unpaired) electrons. The molecular formula is C20H16ClFN2O4. The average Bonchev–Trinajstić information content (AvgIpc) is 3.17. The highest BCUT2D eigenvalue weighted by Crippen LogP contribution is 2.28. The van der Waals surface area contributed by atoms with Gasteiger partial charge >= 0.3 is 5.97 Å². The molecule has 0 bridgehead atoms. The van der Waals surface area contributed by atoms with Crippen molar-refractivity contribution in [2.24, 2.45) is 0 Å². The molecule has 1 aromatic heterocycles. The van der Waals surface area contributed by atoms with Crippen LogP contribution in [0.3, 0.4) is 0 Å². The molecule has 0 atom stereocenters. The van der Waals surface area contributed by atoms with Gasteiger partial charge in [-0.3, -0.25) is 14.5 Å². The molecule has 0 aliphatic rings. The molecular weight excluding hydrogens is 387 g/mol. The van der Waals surface area contributed by atoms with Gasteiger partial charge in [-0.1, -0.05) is 28.9 Å². The minimum atomic E-state index is -0.602. The molecule has 1 amide bonds. The van der Waals surface area contributed by atoms with Crippen LogP contribution >= 0.6 is 11.6 Å². The maximum absolute atomic E-state index is 13.3. The molecule has 1 heterocycles. The molecule has 0 saturated carbocycles. The fourth-order valence-corrected chi connectivity index (χ4v) is 2.77. The van der Waals surface area contributed by atoms with Crippen molar-refractivity contribution >= 4 is 29.2 Å². The lowest BCUT2D eigenvalue weighted by Gasteiger charge is -2.20. The van der Waals surface area contributed by atoms with Crippen LogP contribution in [0, 0.1) is 5.82 Å². The number of aromatic nitrogens is 1. The van der Waals surface area contributed by atoms with E-state index in [4.69, 9.17) is 20.9 Å². The van der Waals surface area contributed by atoms with E-state index in [1.54, 1.807) is 31.2 Å². The number of esters is 1.